The minimum absolute atomic E-state index is 0.213. The van der Waals surface area contributed by atoms with Crippen LogP contribution in [0.1, 0.15) is 26.7 Å². The van der Waals surface area contributed by atoms with Crippen molar-refractivity contribution in [2.24, 2.45) is 0 Å². The average Bonchev–Trinajstić information content (AvgIpc) is 3.20. The summed E-state index contributed by atoms with van der Waals surface area (Å²) in [6.07, 6.45) is 3.86. The third-order valence-corrected chi connectivity index (χ3v) is 7.67. The van der Waals surface area contributed by atoms with Crippen LogP contribution in [-0.2, 0) is 19.1 Å². The molecule has 0 saturated heterocycles. The number of esters is 2. The summed E-state index contributed by atoms with van der Waals surface area (Å²) in [5.74, 6) is 1.71. The summed E-state index contributed by atoms with van der Waals surface area (Å²) in [4.78, 5) is 24.8. The Labute approximate surface area is 304 Å². The average molecular weight is 699 g/mol. The van der Waals surface area contributed by atoms with Crippen LogP contribution in [0.4, 0.5) is 0 Å². The predicted octanol–water partition coefficient (Wildman–Crippen LogP) is 9.61. The largest absolute Gasteiger partial charge is 0.493 e. The lowest BCUT2D eigenvalue weighted by Crippen LogP contribution is -2.10. The molecular formula is C44H42O8. The molecule has 52 heavy (non-hydrogen) atoms. The van der Waals surface area contributed by atoms with Crippen LogP contribution in [-0.4, -0.2) is 38.4 Å². The first-order valence-electron chi connectivity index (χ1n) is 17.1. The highest BCUT2D eigenvalue weighted by molar-refractivity contribution is 5.88. The molecule has 0 fully saturated rings. The molecule has 5 aromatic carbocycles. The van der Waals surface area contributed by atoms with Crippen LogP contribution >= 0.6 is 0 Å². The summed E-state index contributed by atoms with van der Waals surface area (Å²) in [6.45, 7) is 4.49. The fraction of sp³-hybridized carbons (Fsp3) is 0.182. The number of hydrogen-bond donors (Lipinski definition) is 0. The summed E-state index contributed by atoms with van der Waals surface area (Å²) in [5.41, 5.74) is 4.94. The lowest BCUT2D eigenvalue weighted by atomic mass is 10.1. The molecule has 266 valence electrons. The molecule has 0 radical (unpaired) electrons. The van der Waals surface area contributed by atoms with E-state index in [-0.39, 0.29) is 13.2 Å². The molecule has 0 aromatic heterocycles. The predicted molar refractivity (Wildman–Crippen MR) is 201 cm³/mol. The van der Waals surface area contributed by atoms with Gasteiger partial charge in [0.2, 0.25) is 0 Å². The number of carbonyl (C=O) groups is 2. The van der Waals surface area contributed by atoms with E-state index in [1.165, 1.54) is 12.5 Å². The topological polar surface area (TPSA) is 89.5 Å². The van der Waals surface area contributed by atoms with Gasteiger partial charge < -0.3 is 28.4 Å². The highest BCUT2D eigenvalue weighted by Gasteiger charge is 2.09. The van der Waals surface area contributed by atoms with E-state index in [9.17, 15) is 9.59 Å². The van der Waals surface area contributed by atoms with E-state index in [1.54, 1.807) is 13.8 Å². The van der Waals surface area contributed by atoms with Crippen molar-refractivity contribution in [2.75, 3.05) is 26.4 Å². The fourth-order valence-corrected chi connectivity index (χ4v) is 4.86. The maximum Gasteiger partial charge on any atom is 0.336 e. The number of carbonyl (C=O) groups excluding carboxylic acids is 2. The minimum Gasteiger partial charge on any atom is -0.493 e. The van der Waals surface area contributed by atoms with Crippen molar-refractivity contribution >= 4 is 11.9 Å². The SMILES string of the molecule is CC(=COc1cccc(-c2ccccc2)c1)C(=O)OCCCOc1ccc(OCCCOC(=O)C(C)=COc2cccc(-c3ccccc3)c2)cc1. The van der Waals surface area contributed by atoms with Gasteiger partial charge in [0, 0.05) is 12.8 Å². The molecule has 0 unspecified atom stereocenters. The first kappa shape index (κ1) is 37.0. The summed E-state index contributed by atoms with van der Waals surface area (Å²) in [5, 5.41) is 0. The van der Waals surface area contributed by atoms with Crippen LogP contribution in [0.2, 0.25) is 0 Å². The van der Waals surface area contributed by atoms with Gasteiger partial charge >= 0.3 is 11.9 Å². The molecule has 0 aliphatic heterocycles. The van der Waals surface area contributed by atoms with Gasteiger partial charge in [-0.05, 0) is 84.6 Å². The van der Waals surface area contributed by atoms with Gasteiger partial charge in [0.15, 0.2) is 0 Å². The molecule has 0 aliphatic carbocycles. The standard InChI is InChI=1S/C44H42O8/c1-33(31-51-41-19-9-17-37(29-41)35-13-5-3-6-14-35)43(45)49-27-11-25-47-39-21-23-40(24-22-39)48-26-12-28-50-44(46)34(2)32-52-42-20-10-18-38(30-42)36-15-7-4-8-16-36/h3-10,13-24,29-32H,11-12,25-28H2,1-2H3. The number of ether oxygens (including phenoxy) is 6. The third kappa shape index (κ3) is 11.9. The fourth-order valence-electron chi connectivity index (χ4n) is 4.86. The highest BCUT2D eigenvalue weighted by Crippen LogP contribution is 2.25. The van der Waals surface area contributed by atoms with Crippen LogP contribution in [0.15, 0.2) is 157 Å². The van der Waals surface area contributed by atoms with E-state index in [4.69, 9.17) is 28.4 Å². The van der Waals surface area contributed by atoms with Crippen LogP contribution in [0.25, 0.3) is 22.3 Å². The first-order valence-corrected chi connectivity index (χ1v) is 17.1. The van der Waals surface area contributed by atoms with Gasteiger partial charge in [-0.2, -0.15) is 0 Å². The molecule has 8 heteroatoms. The molecule has 8 nitrogen and oxygen atoms in total. The Morgan fingerprint density at radius 2 is 0.827 bits per heavy atom. The van der Waals surface area contributed by atoms with Crippen LogP contribution in [0.3, 0.4) is 0 Å². The van der Waals surface area contributed by atoms with Gasteiger partial charge in [0.1, 0.15) is 35.5 Å². The molecule has 0 heterocycles. The smallest absolute Gasteiger partial charge is 0.336 e. The zero-order chi connectivity index (χ0) is 36.4. The Morgan fingerprint density at radius 1 is 0.442 bits per heavy atom. The van der Waals surface area contributed by atoms with E-state index in [2.05, 4.69) is 0 Å². The normalized spacial score (nSPS) is 11.3. The second-order valence-electron chi connectivity index (χ2n) is 11.8. The zero-order valence-electron chi connectivity index (χ0n) is 29.4. The van der Waals surface area contributed by atoms with Crippen molar-refractivity contribution < 1.29 is 38.0 Å². The monoisotopic (exact) mass is 698 g/mol. The summed E-state index contributed by atoms with van der Waals surface area (Å²) in [7, 11) is 0. The molecule has 0 aliphatic rings. The van der Waals surface area contributed by atoms with E-state index in [0.29, 0.717) is 60.2 Å². The van der Waals surface area contributed by atoms with E-state index >= 15 is 0 Å². The summed E-state index contributed by atoms with van der Waals surface area (Å²) in [6, 6.07) is 42.6. The van der Waals surface area contributed by atoms with Gasteiger partial charge in [0.25, 0.3) is 0 Å². The minimum atomic E-state index is -0.447. The zero-order valence-corrected chi connectivity index (χ0v) is 29.4. The maximum absolute atomic E-state index is 12.4. The Bertz CT molecular complexity index is 1790. The molecule has 0 atom stereocenters. The summed E-state index contributed by atoms with van der Waals surface area (Å²) < 4.78 is 33.7. The van der Waals surface area contributed by atoms with Gasteiger partial charge in [-0.3, -0.25) is 0 Å². The van der Waals surface area contributed by atoms with Crippen molar-refractivity contribution in [3.8, 4) is 45.3 Å². The number of hydrogen-bond acceptors (Lipinski definition) is 8. The van der Waals surface area contributed by atoms with Gasteiger partial charge in [-0.1, -0.05) is 84.9 Å². The van der Waals surface area contributed by atoms with Gasteiger partial charge in [-0.15, -0.1) is 0 Å². The molecule has 0 bridgehead atoms. The lowest BCUT2D eigenvalue weighted by Gasteiger charge is -2.10. The van der Waals surface area contributed by atoms with Gasteiger partial charge in [-0.25, -0.2) is 9.59 Å². The molecule has 5 aromatic rings. The molecule has 5 rings (SSSR count). The Hall–Kier alpha value is -6.28. The van der Waals surface area contributed by atoms with Crippen LogP contribution in [0.5, 0.6) is 23.0 Å². The van der Waals surface area contributed by atoms with Crippen molar-refractivity contribution in [3.63, 3.8) is 0 Å². The Balaban J connectivity index is 0.921. The molecule has 0 N–H and O–H groups in total. The lowest BCUT2D eigenvalue weighted by molar-refractivity contribution is -0.140. The van der Waals surface area contributed by atoms with Gasteiger partial charge in [0.05, 0.1) is 37.6 Å². The Morgan fingerprint density at radius 3 is 1.23 bits per heavy atom. The second kappa shape index (κ2) is 19.8. The van der Waals surface area contributed by atoms with E-state index < -0.39 is 11.9 Å². The third-order valence-electron chi connectivity index (χ3n) is 7.67. The second-order valence-corrected chi connectivity index (χ2v) is 11.8. The summed E-state index contributed by atoms with van der Waals surface area (Å²) >= 11 is 0. The van der Waals surface area contributed by atoms with E-state index in [1.807, 2.05) is 133 Å². The van der Waals surface area contributed by atoms with Crippen molar-refractivity contribution in [3.05, 3.63) is 157 Å². The van der Waals surface area contributed by atoms with Crippen LogP contribution < -0.4 is 18.9 Å². The number of rotatable bonds is 18. The molecule has 0 amide bonds. The van der Waals surface area contributed by atoms with Crippen molar-refractivity contribution in [1.29, 1.82) is 0 Å². The molecular weight excluding hydrogens is 656 g/mol. The van der Waals surface area contributed by atoms with Crippen molar-refractivity contribution in [2.45, 2.75) is 26.7 Å². The van der Waals surface area contributed by atoms with Crippen LogP contribution in [0, 0.1) is 0 Å². The highest BCUT2D eigenvalue weighted by atomic mass is 16.5. The molecule has 0 saturated carbocycles. The number of benzene rings is 5. The Kier molecular flexibility index (Phi) is 14.1. The quantitative estimate of drug-likeness (QED) is 0.0387. The van der Waals surface area contributed by atoms with E-state index in [0.717, 1.165) is 22.3 Å². The van der Waals surface area contributed by atoms with Crippen molar-refractivity contribution in [1.82, 2.24) is 0 Å². The maximum atomic E-state index is 12.4. The molecule has 0 spiro atoms. The first-order chi connectivity index (χ1) is 25.4.